The molecule has 114 valence electrons. The minimum atomic E-state index is -0.455. The van der Waals surface area contributed by atoms with Crippen molar-refractivity contribution in [3.05, 3.63) is 41.5 Å². The Kier molecular flexibility index (Phi) is 3.39. The third-order valence-corrected chi connectivity index (χ3v) is 4.16. The molecule has 0 radical (unpaired) electrons. The SMILES string of the molecule is COc1cc2c(c3ccccc13)C(=O)OCC(=O)CC2(C)C. The Bertz CT molecular complexity index is 774. The highest BCUT2D eigenvalue weighted by Gasteiger charge is 2.34. The maximum atomic E-state index is 12.5. The zero-order chi connectivity index (χ0) is 15.9. The van der Waals surface area contributed by atoms with Gasteiger partial charge in [0.15, 0.2) is 5.78 Å². The number of hydrogen-bond acceptors (Lipinski definition) is 4. The van der Waals surface area contributed by atoms with Crippen LogP contribution in [0.3, 0.4) is 0 Å². The van der Waals surface area contributed by atoms with E-state index in [1.54, 1.807) is 7.11 Å². The van der Waals surface area contributed by atoms with Gasteiger partial charge in [0.1, 0.15) is 12.4 Å². The van der Waals surface area contributed by atoms with Crippen molar-refractivity contribution in [2.45, 2.75) is 25.7 Å². The summed E-state index contributed by atoms with van der Waals surface area (Å²) in [7, 11) is 1.60. The first kappa shape index (κ1) is 14.6. The summed E-state index contributed by atoms with van der Waals surface area (Å²) in [4.78, 5) is 24.4. The molecule has 2 aromatic carbocycles. The van der Waals surface area contributed by atoms with Crippen LogP contribution >= 0.6 is 0 Å². The van der Waals surface area contributed by atoms with Crippen molar-refractivity contribution < 1.29 is 19.1 Å². The molecule has 4 nitrogen and oxygen atoms in total. The van der Waals surface area contributed by atoms with Crippen molar-refractivity contribution in [1.29, 1.82) is 0 Å². The Balaban J connectivity index is 2.40. The molecule has 0 N–H and O–H groups in total. The number of cyclic esters (lactones) is 1. The van der Waals surface area contributed by atoms with E-state index >= 15 is 0 Å². The Morgan fingerprint density at radius 3 is 2.50 bits per heavy atom. The van der Waals surface area contributed by atoms with Crippen molar-refractivity contribution in [1.82, 2.24) is 0 Å². The topological polar surface area (TPSA) is 52.6 Å². The van der Waals surface area contributed by atoms with Crippen LogP contribution in [0.5, 0.6) is 5.75 Å². The number of esters is 1. The maximum Gasteiger partial charge on any atom is 0.339 e. The standard InChI is InChI=1S/C18H18O4/c1-18(2)9-11(19)10-22-17(20)16-13-7-5-4-6-12(13)15(21-3)8-14(16)18/h4-8H,9-10H2,1-3H3. The van der Waals surface area contributed by atoms with Gasteiger partial charge in [-0.05, 0) is 17.0 Å². The van der Waals surface area contributed by atoms with Crippen LogP contribution in [0.15, 0.2) is 30.3 Å². The normalized spacial score (nSPS) is 17.4. The van der Waals surface area contributed by atoms with Crippen LogP contribution in [0, 0.1) is 0 Å². The van der Waals surface area contributed by atoms with Gasteiger partial charge in [0, 0.05) is 17.2 Å². The van der Waals surface area contributed by atoms with Gasteiger partial charge >= 0.3 is 5.97 Å². The molecule has 1 aliphatic rings. The van der Waals surface area contributed by atoms with E-state index in [9.17, 15) is 9.59 Å². The highest BCUT2D eigenvalue weighted by molar-refractivity contribution is 6.09. The lowest BCUT2D eigenvalue weighted by molar-refractivity contribution is -0.123. The van der Waals surface area contributed by atoms with Gasteiger partial charge in [-0.1, -0.05) is 38.1 Å². The van der Waals surface area contributed by atoms with Gasteiger partial charge in [0.05, 0.1) is 12.7 Å². The molecule has 0 spiro atoms. The summed E-state index contributed by atoms with van der Waals surface area (Å²) in [6, 6.07) is 9.44. The third-order valence-electron chi connectivity index (χ3n) is 4.16. The van der Waals surface area contributed by atoms with Crippen molar-refractivity contribution in [2.75, 3.05) is 13.7 Å². The van der Waals surface area contributed by atoms with Crippen LogP contribution in [0.1, 0.15) is 36.2 Å². The molecule has 2 aromatic rings. The number of carbonyl (C=O) groups excluding carboxylic acids is 2. The average Bonchev–Trinajstić information content (AvgIpc) is 2.49. The van der Waals surface area contributed by atoms with Crippen LogP contribution in [0.2, 0.25) is 0 Å². The van der Waals surface area contributed by atoms with E-state index in [1.165, 1.54) is 0 Å². The fourth-order valence-electron chi connectivity index (χ4n) is 3.12. The van der Waals surface area contributed by atoms with Crippen molar-refractivity contribution in [3.63, 3.8) is 0 Å². The van der Waals surface area contributed by atoms with Gasteiger partial charge in [-0.3, -0.25) is 4.79 Å². The Labute approximate surface area is 129 Å². The second-order valence-corrected chi connectivity index (χ2v) is 6.22. The molecule has 0 unspecified atom stereocenters. The van der Waals surface area contributed by atoms with E-state index in [0.29, 0.717) is 17.7 Å². The molecular formula is C18H18O4. The zero-order valence-corrected chi connectivity index (χ0v) is 12.9. The third kappa shape index (κ3) is 2.25. The molecule has 0 amide bonds. The minimum Gasteiger partial charge on any atom is -0.496 e. The predicted molar refractivity (Wildman–Crippen MR) is 83.4 cm³/mol. The monoisotopic (exact) mass is 298 g/mol. The lowest BCUT2D eigenvalue weighted by Gasteiger charge is -2.30. The van der Waals surface area contributed by atoms with E-state index in [-0.39, 0.29) is 12.4 Å². The van der Waals surface area contributed by atoms with E-state index in [2.05, 4.69) is 0 Å². The summed E-state index contributed by atoms with van der Waals surface area (Å²) in [5.74, 6) is 0.175. The van der Waals surface area contributed by atoms with Crippen molar-refractivity contribution in [3.8, 4) is 5.75 Å². The van der Waals surface area contributed by atoms with Crippen molar-refractivity contribution in [2.24, 2.45) is 0 Å². The number of ketones is 1. The lowest BCUT2D eigenvalue weighted by Crippen LogP contribution is -2.31. The van der Waals surface area contributed by atoms with E-state index < -0.39 is 11.4 Å². The van der Waals surface area contributed by atoms with Crippen LogP contribution in [0.25, 0.3) is 10.8 Å². The van der Waals surface area contributed by atoms with E-state index in [1.807, 2.05) is 44.2 Å². The molecule has 22 heavy (non-hydrogen) atoms. The van der Waals surface area contributed by atoms with Gasteiger partial charge in [0.25, 0.3) is 0 Å². The van der Waals surface area contributed by atoms with Crippen LogP contribution in [0.4, 0.5) is 0 Å². The molecule has 0 fully saturated rings. The number of Topliss-reactive ketones (excluding diaryl/α,β-unsaturated/α-hetero) is 1. The van der Waals surface area contributed by atoms with Gasteiger partial charge < -0.3 is 9.47 Å². The van der Waals surface area contributed by atoms with Gasteiger partial charge in [-0.15, -0.1) is 0 Å². The summed E-state index contributed by atoms with van der Waals surface area (Å²) in [5.41, 5.74) is 0.874. The smallest absolute Gasteiger partial charge is 0.339 e. The molecule has 1 heterocycles. The first-order valence-electron chi connectivity index (χ1n) is 7.23. The molecule has 0 saturated heterocycles. The second-order valence-electron chi connectivity index (χ2n) is 6.22. The van der Waals surface area contributed by atoms with Gasteiger partial charge in [0.2, 0.25) is 0 Å². The Morgan fingerprint density at radius 2 is 1.82 bits per heavy atom. The summed E-state index contributed by atoms with van der Waals surface area (Å²) in [5, 5.41) is 1.66. The number of carbonyl (C=O) groups is 2. The molecule has 0 bridgehead atoms. The molecule has 3 rings (SSSR count). The highest BCUT2D eigenvalue weighted by atomic mass is 16.5. The van der Waals surface area contributed by atoms with Crippen molar-refractivity contribution >= 4 is 22.5 Å². The summed E-state index contributed by atoms with van der Waals surface area (Å²) in [6.45, 7) is 3.77. The van der Waals surface area contributed by atoms with Gasteiger partial charge in [-0.25, -0.2) is 4.79 Å². The average molecular weight is 298 g/mol. The number of benzene rings is 2. The molecule has 0 atom stereocenters. The minimum absolute atomic E-state index is 0.0730. The maximum absolute atomic E-state index is 12.5. The van der Waals surface area contributed by atoms with Gasteiger partial charge in [-0.2, -0.15) is 0 Å². The number of rotatable bonds is 1. The fraction of sp³-hybridized carbons (Fsp3) is 0.333. The van der Waals surface area contributed by atoms with E-state index in [4.69, 9.17) is 9.47 Å². The zero-order valence-electron chi connectivity index (χ0n) is 12.9. The van der Waals surface area contributed by atoms with E-state index in [0.717, 1.165) is 16.3 Å². The van der Waals surface area contributed by atoms with Crippen LogP contribution < -0.4 is 4.74 Å². The highest BCUT2D eigenvalue weighted by Crippen LogP contribution is 2.40. The first-order valence-corrected chi connectivity index (χ1v) is 7.23. The summed E-state index contributed by atoms with van der Waals surface area (Å²) < 4.78 is 10.7. The molecule has 0 aliphatic carbocycles. The Morgan fingerprint density at radius 1 is 1.14 bits per heavy atom. The summed E-state index contributed by atoms with van der Waals surface area (Å²) >= 11 is 0. The largest absolute Gasteiger partial charge is 0.496 e. The molecule has 0 saturated carbocycles. The quantitative estimate of drug-likeness (QED) is 0.758. The molecular weight excluding hydrogens is 280 g/mol. The first-order chi connectivity index (χ1) is 10.4. The second kappa shape index (κ2) is 5.13. The number of ether oxygens (including phenoxy) is 2. The summed E-state index contributed by atoms with van der Waals surface area (Å²) in [6.07, 6.45) is 0.328. The lowest BCUT2D eigenvalue weighted by atomic mass is 9.76. The molecule has 0 aromatic heterocycles. The fourth-order valence-corrected chi connectivity index (χ4v) is 3.12. The molecule has 4 heteroatoms. The number of methoxy groups -OCH3 is 1. The van der Waals surface area contributed by atoms with Crippen LogP contribution in [-0.2, 0) is 14.9 Å². The number of fused-ring (bicyclic) bond motifs is 3. The Hall–Kier alpha value is -2.36. The number of hydrogen-bond donors (Lipinski definition) is 0. The van der Waals surface area contributed by atoms with Crippen LogP contribution in [-0.4, -0.2) is 25.5 Å². The predicted octanol–water partition coefficient (Wildman–Crippen LogP) is 3.26. The molecule has 1 aliphatic heterocycles.